The van der Waals surface area contributed by atoms with Crippen LogP contribution in [-0.2, 0) is 0 Å². The molecular weight excluding hydrogens is 278 g/mol. The van der Waals surface area contributed by atoms with Crippen LogP contribution in [-0.4, -0.2) is 25.5 Å². The van der Waals surface area contributed by atoms with Gasteiger partial charge in [0, 0.05) is 11.7 Å². The number of thioether (sulfide) groups is 1. The Labute approximate surface area is 127 Å². The molecule has 2 rings (SSSR count). The third kappa shape index (κ3) is 3.52. The van der Waals surface area contributed by atoms with Gasteiger partial charge in [-0.1, -0.05) is 56.0 Å². The molecule has 0 amide bonds. The maximum absolute atomic E-state index is 4.90. The van der Waals surface area contributed by atoms with Crippen LogP contribution in [0.3, 0.4) is 0 Å². The van der Waals surface area contributed by atoms with Gasteiger partial charge in [0.2, 0.25) is 0 Å². The summed E-state index contributed by atoms with van der Waals surface area (Å²) in [6.45, 7) is 9.26. The smallest absolute Gasteiger partial charge is 0.0976 e. The monoisotopic (exact) mass is 301 g/mol. The van der Waals surface area contributed by atoms with Crippen molar-refractivity contribution in [1.82, 2.24) is 0 Å². The molecule has 0 saturated carbocycles. The van der Waals surface area contributed by atoms with Crippen LogP contribution in [0.15, 0.2) is 41.4 Å². The maximum Gasteiger partial charge on any atom is 0.0976 e. The molecule has 0 aliphatic carbocycles. The molecule has 1 nitrogen and oxygen atoms in total. The molecule has 0 aliphatic heterocycles. The molecule has 0 aromatic heterocycles. The van der Waals surface area contributed by atoms with E-state index < -0.39 is 8.07 Å². The number of aryl methyl sites for hydroxylation is 1. The molecule has 0 radical (unpaired) electrons. The summed E-state index contributed by atoms with van der Waals surface area (Å²) in [7, 11) is -1.15. The minimum atomic E-state index is -1.15. The summed E-state index contributed by atoms with van der Waals surface area (Å²) in [6.07, 6.45) is 3.11. The summed E-state index contributed by atoms with van der Waals surface area (Å²) in [4.78, 5) is 4.90. The van der Waals surface area contributed by atoms with Crippen molar-refractivity contribution in [2.24, 2.45) is 4.99 Å². The number of aliphatic imine (C=N–C) groups is 1. The summed E-state index contributed by atoms with van der Waals surface area (Å²) >= 11 is 1.76. The first kappa shape index (κ1) is 15.3. The van der Waals surface area contributed by atoms with Gasteiger partial charge in [-0.05, 0) is 29.5 Å². The summed E-state index contributed by atoms with van der Waals surface area (Å²) in [6, 6.07) is 13.1. The van der Waals surface area contributed by atoms with Crippen molar-refractivity contribution in [2.45, 2.75) is 26.6 Å². The lowest BCUT2D eigenvalue weighted by molar-refractivity contribution is 1.29. The Balaban J connectivity index is 2.53. The van der Waals surface area contributed by atoms with Crippen LogP contribution < -0.4 is 0 Å². The van der Waals surface area contributed by atoms with Gasteiger partial charge in [-0.2, -0.15) is 0 Å². The lowest BCUT2D eigenvalue weighted by atomic mass is 10.0. The predicted molar refractivity (Wildman–Crippen MR) is 97.0 cm³/mol. The number of rotatable bonds is 3. The zero-order chi connectivity index (χ0) is 14.8. The number of hydrogen-bond donors (Lipinski definition) is 0. The van der Waals surface area contributed by atoms with Gasteiger partial charge < -0.3 is 0 Å². The van der Waals surface area contributed by atoms with Crippen molar-refractivity contribution in [3.05, 3.63) is 47.5 Å². The van der Waals surface area contributed by atoms with Gasteiger partial charge in [0.25, 0.3) is 0 Å². The van der Waals surface area contributed by atoms with Crippen LogP contribution in [0, 0.1) is 6.92 Å². The molecule has 0 saturated heterocycles. The fourth-order valence-corrected chi connectivity index (χ4v) is 3.54. The molecule has 0 N–H and O–H groups in total. The quantitative estimate of drug-likeness (QED) is 0.434. The molecule has 0 heterocycles. The largest absolute Gasteiger partial charge is 0.281 e. The van der Waals surface area contributed by atoms with Crippen LogP contribution >= 0.6 is 11.8 Å². The van der Waals surface area contributed by atoms with Crippen molar-refractivity contribution >= 4 is 35.7 Å². The predicted octanol–water partition coefficient (Wildman–Crippen LogP) is 5.14. The highest BCUT2D eigenvalue weighted by Gasteiger charge is 2.14. The molecule has 20 heavy (non-hydrogen) atoms. The van der Waals surface area contributed by atoms with Gasteiger partial charge >= 0.3 is 0 Å². The second kappa shape index (κ2) is 6.14. The fraction of sp³-hybridized carbons (Fsp3) is 0.353. The van der Waals surface area contributed by atoms with Crippen LogP contribution in [0.5, 0.6) is 0 Å². The van der Waals surface area contributed by atoms with Gasteiger partial charge in [-0.3, -0.25) is 4.99 Å². The number of fused-ring (bicyclic) bond motifs is 1. The lowest BCUT2D eigenvalue weighted by Crippen LogP contribution is -2.25. The van der Waals surface area contributed by atoms with E-state index in [1.165, 1.54) is 26.9 Å². The third-order valence-corrected chi connectivity index (χ3v) is 5.11. The topological polar surface area (TPSA) is 12.4 Å². The summed E-state index contributed by atoms with van der Waals surface area (Å²) in [5.41, 5.74) is 2.60. The first-order valence-electron chi connectivity index (χ1n) is 6.99. The second-order valence-corrected chi connectivity index (χ2v) is 12.6. The summed E-state index contributed by atoms with van der Waals surface area (Å²) in [5, 5.41) is 3.82. The summed E-state index contributed by atoms with van der Waals surface area (Å²) < 4.78 is 0. The highest BCUT2D eigenvalue weighted by atomic mass is 32.2. The average molecular weight is 302 g/mol. The van der Waals surface area contributed by atoms with Crippen molar-refractivity contribution in [1.29, 1.82) is 0 Å². The van der Waals surface area contributed by atoms with Crippen LogP contribution in [0.25, 0.3) is 10.8 Å². The minimum Gasteiger partial charge on any atom is -0.281 e. The lowest BCUT2D eigenvalue weighted by Gasteiger charge is -2.15. The molecule has 0 atom stereocenters. The van der Waals surface area contributed by atoms with Gasteiger partial charge in [0.05, 0.1) is 13.1 Å². The molecule has 0 spiro atoms. The van der Waals surface area contributed by atoms with Crippen molar-refractivity contribution in [3.63, 3.8) is 0 Å². The van der Waals surface area contributed by atoms with E-state index in [4.69, 9.17) is 4.99 Å². The molecule has 2 aromatic carbocycles. The van der Waals surface area contributed by atoms with Crippen LogP contribution in [0.4, 0.5) is 0 Å². The van der Waals surface area contributed by atoms with Crippen LogP contribution in [0.1, 0.15) is 11.1 Å². The normalized spacial score (nSPS) is 12.9. The second-order valence-electron chi connectivity index (χ2n) is 6.36. The standard InChI is InChI=1S/C17H23NSSi/c1-13-10-11-16(15-9-7-6-8-14(13)15)17(19-2)18-12-20(3,4)5/h6-11H,12H2,1-5H3. The number of benzene rings is 2. The number of nitrogens with zero attached hydrogens (tertiary/aromatic N) is 1. The highest BCUT2D eigenvalue weighted by molar-refractivity contribution is 8.13. The Kier molecular flexibility index (Phi) is 4.71. The summed E-state index contributed by atoms with van der Waals surface area (Å²) in [5.74, 6) is 0. The molecule has 3 heteroatoms. The van der Waals surface area contributed by atoms with E-state index in [1.807, 2.05) is 0 Å². The fourth-order valence-electron chi connectivity index (χ4n) is 2.20. The Morgan fingerprint density at radius 3 is 2.30 bits per heavy atom. The molecule has 0 bridgehead atoms. The molecule has 106 valence electrons. The van der Waals surface area contributed by atoms with Gasteiger partial charge in [0.15, 0.2) is 0 Å². The third-order valence-electron chi connectivity index (χ3n) is 3.26. The van der Waals surface area contributed by atoms with Gasteiger partial charge in [0.1, 0.15) is 0 Å². The van der Waals surface area contributed by atoms with Crippen LogP contribution in [0.2, 0.25) is 19.6 Å². The van der Waals surface area contributed by atoms with Crippen molar-refractivity contribution in [2.75, 3.05) is 12.4 Å². The first-order chi connectivity index (χ1) is 9.42. The van der Waals surface area contributed by atoms with E-state index in [2.05, 4.69) is 69.2 Å². The van der Waals surface area contributed by atoms with Crippen molar-refractivity contribution in [3.8, 4) is 0 Å². The first-order valence-corrected chi connectivity index (χ1v) is 11.9. The van der Waals surface area contributed by atoms with Gasteiger partial charge in [-0.15, -0.1) is 11.8 Å². The highest BCUT2D eigenvalue weighted by Crippen LogP contribution is 2.25. The van der Waals surface area contributed by atoms with E-state index in [0.29, 0.717) is 0 Å². The Morgan fingerprint density at radius 1 is 1.05 bits per heavy atom. The molecular formula is C17H23NSSi. The van der Waals surface area contributed by atoms with Gasteiger partial charge in [-0.25, -0.2) is 0 Å². The SMILES string of the molecule is CSC(=NC[Si](C)(C)C)c1ccc(C)c2ccccc12. The molecule has 0 unspecified atom stereocenters. The maximum atomic E-state index is 4.90. The van der Waals surface area contributed by atoms with E-state index in [0.717, 1.165) is 6.17 Å². The van der Waals surface area contributed by atoms with E-state index in [9.17, 15) is 0 Å². The van der Waals surface area contributed by atoms with E-state index in [1.54, 1.807) is 11.8 Å². The number of hydrogen-bond acceptors (Lipinski definition) is 2. The molecule has 2 aromatic rings. The molecule has 0 fully saturated rings. The minimum absolute atomic E-state index is 0.991. The molecule has 0 aliphatic rings. The Bertz CT molecular complexity index is 641. The zero-order valence-corrected chi connectivity index (χ0v) is 14.8. The Hall–Kier alpha value is -1.06. The van der Waals surface area contributed by atoms with Crippen molar-refractivity contribution < 1.29 is 0 Å². The average Bonchev–Trinajstić information content (AvgIpc) is 2.41. The van der Waals surface area contributed by atoms with E-state index >= 15 is 0 Å². The Morgan fingerprint density at radius 2 is 1.70 bits per heavy atom. The van der Waals surface area contributed by atoms with E-state index in [-0.39, 0.29) is 0 Å². The zero-order valence-electron chi connectivity index (χ0n) is 13.0.